The van der Waals surface area contributed by atoms with Crippen molar-refractivity contribution in [1.29, 1.82) is 0 Å². The highest BCUT2D eigenvalue weighted by molar-refractivity contribution is 7.15. The standard InChI is InChI=1S/C18H20F3NO2S/c1-12-15(4-2-5-16-23-10-3-11-24-16)25-17(22-12)13-6-8-14(9-7-13)18(19,20)21/h6-9,16H,2-5,10-11H2,1H3. The third-order valence-electron chi connectivity index (χ3n) is 4.09. The Hall–Kier alpha value is -1.44. The van der Waals surface area contributed by atoms with Crippen molar-refractivity contribution in [1.82, 2.24) is 4.98 Å². The molecule has 0 bridgehead atoms. The van der Waals surface area contributed by atoms with Gasteiger partial charge in [-0.25, -0.2) is 4.98 Å². The van der Waals surface area contributed by atoms with E-state index in [1.54, 1.807) is 0 Å². The molecule has 1 aromatic carbocycles. The summed E-state index contributed by atoms with van der Waals surface area (Å²) in [5, 5.41) is 0.756. The van der Waals surface area contributed by atoms with E-state index in [1.165, 1.54) is 23.5 Å². The highest BCUT2D eigenvalue weighted by atomic mass is 32.1. The van der Waals surface area contributed by atoms with Crippen molar-refractivity contribution >= 4 is 11.3 Å². The summed E-state index contributed by atoms with van der Waals surface area (Å²) < 4.78 is 49.0. The number of aryl methyl sites for hydroxylation is 2. The molecule has 1 aliphatic rings. The van der Waals surface area contributed by atoms with Gasteiger partial charge in [0.05, 0.1) is 24.5 Å². The van der Waals surface area contributed by atoms with E-state index in [0.717, 1.165) is 66.6 Å². The van der Waals surface area contributed by atoms with Crippen molar-refractivity contribution in [3.05, 3.63) is 40.4 Å². The van der Waals surface area contributed by atoms with E-state index in [-0.39, 0.29) is 6.29 Å². The number of aromatic nitrogens is 1. The average molecular weight is 371 g/mol. The number of nitrogens with zero attached hydrogens (tertiary/aromatic N) is 1. The molecule has 1 aromatic heterocycles. The van der Waals surface area contributed by atoms with Crippen molar-refractivity contribution in [3.8, 4) is 10.6 Å². The Bertz CT molecular complexity index is 691. The van der Waals surface area contributed by atoms with Crippen molar-refractivity contribution in [3.63, 3.8) is 0 Å². The summed E-state index contributed by atoms with van der Waals surface area (Å²) in [6.07, 6.45) is -0.844. The molecule has 0 unspecified atom stereocenters. The SMILES string of the molecule is Cc1nc(-c2ccc(C(F)(F)F)cc2)sc1CCCC1OCCCO1. The van der Waals surface area contributed by atoms with Crippen LogP contribution in [0.15, 0.2) is 24.3 Å². The Balaban J connectivity index is 1.61. The van der Waals surface area contributed by atoms with Gasteiger partial charge in [0.1, 0.15) is 5.01 Å². The molecule has 1 aliphatic heterocycles. The lowest BCUT2D eigenvalue weighted by atomic mass is 10.1. The Morgan fingerprint density at radius 3 is 2.48 bits per heavy atom. The number of alkyl halides is 3. The minimum Gasteiger partial charge on any atom is -0.353 e. The molecule has 0 N–H and O–H groups in total. The fraction of sp³-hybridized carbons (Fsp3) is 0.500. The molecule has 1 fully saturated rings. The Morgan fingerprint density at radius 1 is 1.16 bits per heavy atom. The van der Waals surface area contributed by atoms with E-state index in [9.17, 15) is 13.2 Å². The summed E-state index contributed by atoms with van der Waals surface area (Å²) in [6, 6.07) is 5.16. The minimum absolute atomic E-state index is 0.114. The second kappa shape index (κ2) is 7.85. The van der Waals surface area contributed by atoms with Crippen LogP contribution in [0.4, 0.5) is 13.2 Å². The van der Waals surface area contributed by atoms with Gasteiger partial charge in [-0.1, -0.05) is 12.1 Å². The zero-order valence-corrected chi connectivity index (χ0v) is 14.8. The van der Waals surface area contributed by atoms with Gasteiger partial charge in [0, 0.05) is 10.4 Å². The van der Waals surface area contributed by atoms with E-state index in [1.807, 2.05) is 6.92 Å². The van der Waals surface area contributed by atoms with Crippen LogP contribution in [0, 0.1) is 6.92 Å². The van der Waals surface area contributed by atoms with Crippen molar-refractivity contribution in [2.24, 2.45) is 0 Å². The fourth-order valence-corrected chi connectivity index (χ4v) is 3.83. The van der Waals surface area contributed by atoms with Gasteiger partial charge < -0.3 is 9.47 Å². The maximum Gasteiger partial charge on any atom is 0.416 e. The Labute approximate surface area is 148 Å². The molecule has 136 valence electrons. The van der Waals surface area contributed by atoms with E-state index >= 15 is 0 Å². The van der Waals surface area contributed by atoms with Crippen molar-refractivity contribution in [2.45, 2.75) is 45.1 Å². The zero-order chi connectivity index (χ0) is 17.9. The molecule has 7 heteroatoms. The molecule has 3 rings (SSSR count). The van der Waals surface area contributed by atoms with Gasteiger partial charge in [-0.05, 0) is 44.7 Å². The van der Waals surface area contributed by atoms with Crippen LogP contribution in [0.1, 0.15) is 35.4 Å². The molecular weight excluding hydrogens is 351 g/mol. The normalized spacial score (nSPS) is 16.3. The second-order valence-electron chi connectivity index (χ2n) is 6.02. The van der Waals surface area contributed by atoms with Gasteiger partial charge >= 0.3 is 6.18 Å². The first kappa shape index (κ1) is 18.4. The highest BCUT2D eigenvalue weighted by Crippen LogP contribution is 2.33. The van der Waals surface area contributed by atoms with Crippen LogP contribution in [-0.2, 0) is 22.1 Å². The van der Waals surface area contributed by atoms with E-state index in [0.29, 0.717) is 5.56 Å². The fourth-order valence-electron chi connectivity index (χ4n) is 2.72. The maximum atomic E-state index is 12.6. The number of rotatable bonds is 5. The Morgan fingerprint density at radius 2 is 1.84 bits per heavy atom. The highest BCUT2D eigenvalue weighted by Gasteiger charge is 2.30. The summed E-state index contributed by atoms with van der Waals surface area (Å²) in [5.74, 6) is 0. The largest absolute Gasteiger partial charge is 0.416 e. The lowest BCUT2D eigenvalue weighted by molar-refractivity contribution is -0.181. The third-order valence-corrected chi connectivity index (χ3v) is 5.36. The first-order valence-electron chi connectivity index (χ1n) is 8.30. The van der Waals surface area contributed by atoms with E-state index in [2.05, 4.69) is 4.98 Å². The quantitative estimate of drug-likeness (QED) is 0.722. The number of ether oxygens (including phenoxy) is 2. The van der Waals surface area contributed by atoms with Crippen molar-refractivity contribution < 1.29 is 22.6 Å². The number of thiazole rings is 1. The summed E-state index contributed by atoms with van der Waals surface area (Å²) in [7, 11) is 0. The molecule has 1 saturated heterocycles. The number of hydrogen-bond acceptors (Lipinski definition) is 4. The predicted molar refractivity (Wildman–Crippen MR) is 90.5 cm³/mol. The van der Waals surface area contributed by atoms with Gasteiger partial charge in [-0.2, -0.15) is 13.2 Å². The molecular formula is C18H20F3NO2S. The first-order valence-corrected chi connectivity index (χ1v) is 9.12. The smallest absolute Gasteiger partial charge is 0.353 e. The van der Waals surface area contributed by atoms with Gasteiger partial charge in [-0.3, -0.25) is 0 Å². The molecule has 2 aromatic rings. The zero-order valence-electron chi connectivity index (χ0n) is 13.9. The summed E-state index contributed by atoms with van der Waals surface area (Å²) in [5.41, 5.74) is 1.01. The summed E-state index contributed by atoms with van der Waals surface area (Å²) in [4.78, 5) is 5.67. The molecule has 0 amide bonds. The van der Waals surface area contributed by atoms with Crippen LogP contribution in [0.25, 0.3) is 10.6 Å². The van der Waals surface area contributed by atoms with Crippen molar-refractivity contribution in [2.75, 3.05) is 13.2 Å². The van der Waals surface area contributed by atoms with Crippen LogP contribution in [0.3, 0.4) is 0 Å². The van der Waals surface area contributed by atoms with E-state index in [4.69, 9.17) is 9.47 Å². The summed E-state index contributed by atoms with van der Waals surface area (Å²) >= 11 is 1.54. The van der Waals surface area contributed by atoms with Crippen LogP contribution in [0.5, 0.6) is 0 Å². The molecule has 0 aliphatic carbocycles. The lowest BCUT2D eigenvalue weighted by Crippen LogP contribution is -2.24. The van der Waals surface area contributed by atoms with Gasteiger partial charge in [-0.15, -0.1) is 11.3 Å². The first-order chi connectivity index (χ1) is 11.9. The average Bonchev–Trinajstić information content (AvgIpc) is 2.96. The second-order valence-corrected chi connectivity index (χ2v) is 7.10. The molecule has 0 saturated carbocycles. The molecule has 25 heavy (non-hydrogen) atoms. The topological polar surface area (TPSA) is 31.4 Å². The van der Waals surface area contributed by atoms with Crippen LogP contribution in [-0.4, -0.2) is 24.5 Å². The Kier molecular flexibility index (Phi) is 5.76. The van der Waals surface area contributed by atoms with E-state index < -0.39 is 11.7 Å². The minimum atomic E-state index is -4.31. The monoisotopic (exact) mass is 371 g/mol. The van der Waals surface area contributed by atoms with Crippen LogP contribution < -0.4 is 0 Å². The maximum absolute atomic E-state index is 12.6. The molecule has 0 atom stereocenters. The lowest BCUT2D eigenvalue weighted by Gasteiger charge is -2.22. The molecule has 0 radical (unpaired) electrons. The van der Waals surface area contributed by atoms with Gasteiger partial charge in [0.25, 0.3) is 0 Å². The molecule has 0 spiro atoms. The molecule has 2 heterocycles. The number of halogens is 3. The third kappa shape index (κ3) is 4.80. The molecule has 3 nitrogen and oxygen atoms in total. The number of hydrogen-bond donors (Lipinski definition) is 0. The number of benzene rings is 1. The van der Waals surface area contributed by atoms with Gasteiger partial charge in [0.15, 0.2) is 6.29 Å². The predicted octanol–water partition coefficient (Wildman–Crippen LogP) is 5.22. The van der Waals surface area contributed by atoms with Crippen LogP contribution in [0.2, 0.25) is 0 Å². The summed E-state index contributed by atoms with van der Waals surface area (Å²) in [6.45, 7) is 3.44. The van der Waals surface area contributed by atoms with Gasteiger partial charge in [0.2, 0.25) is 0 Å². The van der Waals surface area contributed by atoms with Crippen LogP contribution >= 0.6 is 11.3 Å².